The minimum Gasteiger partial charge on any atom is -0.466 e. The van der Waals surface area contributed by atoms with Crippen LogP contribution in [-0.2, 0) is 9.53 Å². The van der Waals surface area contributed by atoms with Crippen LogP contribution in [0.1, 0.15) is 11.1 Å². The number of hydrogen-bond donors (Lipinski definition) is 0. The van der Waals surface area contributed by atoms with Crippen molar-refractivity contribution in [3.8, 4) is 0 Å². The number of carbonyl (C=O) groups excluding carboxylic acids is 1. The average Bonchev–Trinajstić information content (AvgIpc) is 2.48. The Morgan fingerprint density at radius 3 is 2.45 bits per heavy atom. The molecule has 0 saturated heterocycles. The van der Waals surface area contributed by atoms with E-state index >= 15 is 0 Å². The Balaban J connectivity index is 2.61. The van der Waals surface area contributed by atoms with Gasteiger partial charge in [-0.1, -0.05) is 30.3 Å². The highest BCUT2D eigenvalue weighted by atomic mass is 19.1. The Morgan fingerprint density at radius 2 is 1.80 bits per heavy atom. The summed E-state index contributed by atoms with van der Waals surface area (Å²) >= 11 is 0. The predicted molar refractivity (Wildman–Crippen MR) is 71.9 cm³/mol. The van der Waals surface area contributed by atoms with Gasteiger partial charge >= 0.3 is 5.97 Å². The summed E-state index contributed by atoms with van der Waals surface area (Å²) < 4.78 is 31.8. The second-order valence-electron chi connectivity index (χ2n) is 4.07. The molecule has 0 amide bonds. The van der Waals surface area contributed by atoms with Crippen LogP contribution >= 0.6 is 0 Å². The van der Waals surface area contributed by atoms with Gasteiger partial charge in [0.1, 0.15) is 11.6 Å². The Morgan fingerprint density at radius 1 is 1.10 bits per heavy atom. The van der Waals surface area contributed by atoms with Crippen molar-refractivity contribution >= 4 is 11.5 Å². The van der Waals surface area contributed by atoms with Gasteiger partial charge < -0.3 is 4.74 Å². The van der Waals surface area contributed by atoms with Crippen molar-refractivity contribution in [2.75, 3.05) is 7.11 Å². The summed E-state index contributed by atoms with van der Waals surface area (Å²) in [5.41, 5.74) is 0.887. The molecule has 2 aromatic rings. The van der Waals surface area contributed by atoms with Crippen LogP contribution in [0.5, 0.6) is 0 Å². The molecule has 0 radical (unpaired) electrons. The first-order valence-corrected chi connectivity index (χ1v) is 5.92. The van der Waals surface area contributed by atoms with E-state index in [0.29, 0.717) is 5.56 Å². The highest BCUT2D eigenvalue weighted by Gasteiger charge is 2.13. The van der Waals surface area contributed by atoms with E-state index < -0.39 is 17.6 Å². The highest BCUT2D eigenvalue weighted by molar-refractivity contribution is 5.96. The Kier molecular flexibility index (Phi) is 4.25. The first-order valence-electron chi connectivity index (χ1n) is 5.92. The normalized spacial score (nSPS) is 11.2. The maximum absolute atomic E-state index is 13.9. The number of esters is 1. The van der Waals surface area contributed by atoms with Crippen LogP contribution in [0, 0.1) is 11.6 Å². The molecule has 2 nitrogen and oxygen atoms in total. The van der Waals surface area contributed by atoms with Crippen LogP contribution in [0.15, 0.2) is 54.6 Å². The molecule has 0 saturated carbocycles. The van der Waals surface area contributed by atoms with E-state index in [1.54, 1.807) is 30.3 Å². The van der Waals surface area contributed by atoms with E-state index in [0.717, 1.165) is 24.3 Å². The van der Waals surface area contributed by atoms with Crippen molar-refractivity contribution in [2.45, 2.75) is 0 Å². The molecule has 102 valence electrons. The maximum Gasteiger partial charge on any atom is 0.331 e. The third kappa shape index (κ3) is 3.09. The van der Waals surface area contributed by atoms with Gasteiger partial charge in [0.2, 0.25) is 0 Å². The molecule has 0 bridgehead atoms. The van der Waals surface area contributed by atoms with Gasteiger partial charge in [-0.2, -0.15) is 0 Å². The topological polar surface area (TPSA) is 26.3 Å². The van der Waals surface area contributed by atoms with E-state index in [-0.39, 0.29) is 11.1 Å². The monoisotopic (exact) mass is 274 g/mol. The van der Waals surface area contributed by atoms with Crippen LogP contribution in [0.3, 0.4) is 0 Å². The molecule has 2 aromatic carbocycles. The lowest BCUT2D eigenvalue weighted by molar-refractivity contribution is -0.134. The van der Waals surface area contributed by atoms with Crippen molar-refractivity contribution in [2.24, 2.45) is 0 Å². The van der Waals surface area contributed by atoms with Crippen LogP contribution < -0.4 is 0 Å². The minimum absolute atomic E-state index is 0.0154. The summed E-state index contributed by atoms with van der Waals surface area (Å²) in [5, 5.41) is 0. The van der Waals surface area contributed by atoms with Crippen LogP contribution in [0.4, 0.5) is 8.78 Å². The Bertz CT molecular complexity index is 649. The number of halogens is 2. The lowest BCUT2D eigenvalue weighted by atomic mass is 9.97. The summed E-state index contributed by atoms with van der Waals surface area (Å²) in [6.45, 7) is 0. The average molecular weight is 274 g/mol. The number of hydrogen-bond acceptors (Lipinski definition) is 2. The van der Waals surface area contributed by atoms with Crippen LogP contribution in [0.2, 0.25) is 0 Å². The second kappa shape index (κ2) is 6.10. The van der Waals surface area contributed by atoms with Gasteiger partial charge in [0.25, 0.3) is 0 Å². The summed E-state index contributed by atoms with van der Waals surface area (Å²) in [5.74, 6) is -1.81. The second-order valence-corrected chi connectivity index (χ2v) is 4.07. The highest BCUT2D eigenvalue weighted by Crippen LogP contribution is 2.26. The zero-order valence-electron chi connectivity index (χ0n) is 10.8. The summed E-state index contributed by atoms with van der Waals surface area (Å²) in [6.07, 6.45) is 1.15. The zero-order chi connectivity index (χ0) is 14.5. The molecule has 0 heterocycles. The number of methoxy groups -OCH3 is 1. The smallest absolute Gasteiger partial charge is 0.331 e. The van der Waals surface area contributed by atoms with E-state index in [1.807, 2.05) is 0 Å². The molecule has 4 heteroatoms. The first kappa shape index (κ1) is 13.9. The fourth-order valence-electron chi connectivity index (χ4n) is 1.81. The molecule has 2 rings (SSSR count). The van der Waals surface area contributed by atoms with Crippen molar-refractivity contribution in [3.05, 3.63) is 77.4 Å². The van der Waals surface area contributed by atoms with Crippen molar-refractivity contribution < 1.29 is 18.3 Å². The third-order valence-corrected chi connectivity index (χ3v) is 2.77. The molecule has 20 heavy (non-hydrogen) atoms. The molecule has 0 fully saturated rings. The number of ether oxygens (including phenoxy) is 1. The van der Waals surface area contributed by atoms with E-state index in [4.69, 9.17) is 0 Å². The van der Waals surface area contributed by atoms with Crippen LogP contribution in [0.25, 0.3) is 5.57 Å². The quantitative estimate of drug-likeness (QED) is 0.631. The van der Waals surface area contributed by atoms with Crippen molar-refractivity contribution in [1.82, 2.24) is 0 Å². The predicted octanol–water partition coefficient (Wildman–Crippen LogP) is 3.57. The van der Waals surface area contributed by atoms with E-state index in [1.165, 1.54) is 7.11 Å². The van der Waals surface area contributed by atoms with Crippen molar-refractivity contribution in [3.63, 3.8) is 0 Å². The molecule has 0 aliphatic rings. The standard InChI is InChI=1S/C16H12F2O2/c1-20-16(19)10-13(11-5-3-2-4-6-11)14-9-12(17)7-8-15(14)18/h2-10H,1H3/b13-10+. The fourth-order valence-corrected chi connectivity index (χ4v) is 1.81. The van der Waals surface area contributed by atoms with Gasteiger partial charge in [-0.05, 0) is 29.3 Å². The van der Waals surface area contributed by atoms with E-state index in [2.05, 4.69) is 4.74 Å². The number of benzene rings is 2. The summed E-state index contributed by atoms with van der Waals surface area (Å²) in [7, 11) is 1.23. The molecular weight excluding hydrogens is 262 g/mol. The molecule has 0 unspecified atom stereocenters. The molecule has 0 aliphatic carbocycles. The van der Waals surface area contributed by atoms with Gasteiger partial charge in [0, 0.05) is 11.6 Å². The summed E-state index contributed by atoms with van der Waals surface area (Å²) in [6, 6.07) is 11.8. The van der Waals surface area contributed by atoms with Crippen molar-refractivity contribution in [1.29, 1.82) is 0 Å². The maximum atomic E-state index is 13.9. The Labute approximate surface area is 115 Å². The van der Waals surface area contributed by atoms with E-state index in [9.17, 15) is 13.6 Å². The molecule has 0 spiro atoms. The number of rotatable bonds is 3. The number of carbonyl (C=O) groups is 1. The molecule has 0 N–H and O–H groups in total. The van der Waals surface area contributed by atoms with Gasteiger partial charge in [0.15, 0.2) is 0 Å². The largest absolute Gasteiger partial charge is 0.466 e. The SMILES string of the molecule is COC(=O)/C=C(\c1ccccc1)c1cc(F)ccc1F. The zero-order valence-corrected chi connectivity index (χ0v) is 10.8. The molecule has 0 aliphatic heterocycles. The van der Waals surface area contributed by atoms with Crippen LogP contribution in [-0.4, -0.2) is 13.1 Å². The molecule has 0 atom stereocenters. The van der Waals surface area contributed by atoms with Gasteiger partial charge in [0.05, 0.1) is 7.11 Å². The lowest BCUT2D eigenvalue weighted by Gasteiger charge is -2.09. The molecular formula is C16H12F2O2. The minimum atomic E-state index is -0.632. The van der Waals surface area contributed by atoms with Gasteiger partial charge in [-0.25, -0.2) is 13.6 Å². The first-order chi connectivity index (χ1) is 9.61. The summed E-state index contributed by atoms with van der Waals surface area (Å²) in [4.78, 5) is 11.5. The Hall–Kier alpha value is -2.49. The van der Waals surface area contributed by atoms with Gasteiger partial charge in [-0.15, -0.1) is 0 Å². The fraction of sp³-hybridized carbons (Fsp3) is 0.0625. The molecule has 0 aromatic heterocycles. The third-order valence-electron chi connectivity index (χ3n) is 2.77. The van der Waals surface area contributed by atoms with Gasteiger partial charge in [-0.3, -0.25) is 0 Å². The lowest BCUT2D eigenvalue weighted by Crippen LogP contribution is -2.00.